The Hall–Kier alpha value is -1.60. The Kier molecular flexibility index (Phi) is 4.54. The first kappa shape index (κ1) is 12.8. The lowest BCUT2D eigenvalue weighted by atomic mass is 10.1. The molecule has 0 radical (unpaired) electrons. The van der Waals surface area contributed by atoms with Crippen LogP contribution in [0.25, 0.3) is 0 Å². The Labute approximate surface area is 107 Å². The number of hydrogen-bond acceptors (Lipinski definition) is 3. The van der Waals surface area contributed by atoms with Crippen molar-refractivity contribution >= 4 is 0 Å². The maximum absolute atomic E-state index is 13.3. The quantitative estimate of drug-likeness (QED) is 0.815. The smallest absolute Gasteiger partial charge is 0.144 e. The van der Waals surface area contributed by atoms with Gasteiger partial charge in [0.2, 0.25) is 0 Å². The Balaban J connectivity index is 1.73. The predicted octanol–water partition coefficient (Wildman–Crippen LogP) is 2.61. The van der Waals surface area contributed by atoms with Crippen molar-refractivity contribution in [1.29, 1.82) is 5.26 Å². The van der Waals surface area contributed by atoms with Gasteiger partial charge in [-0.25, -0.2) is 4.39 Å². The normalized spacial score (nSPS) is 18.6. The molecule has 0 saturated carbocycles. The second kappa shape index (κ2) is 6.36. The van der Waals surface area contributed by atoms with Crippen LogP contribution >= 0.6 is 0 Å². The first-order valence-corrected chi connectivity index (χ1v) is 6.35. The number of hydrogen-bond donors (Lipinski definition) is 1. The Morgan fingerprint density at radius 1 is 1.50 bits per heavy atom. The summed E-state index contributed by atoms with van der Waals surface area (Å²) < 4.78 is 18.8. The van der Waals surface area contributed by atoms with Crippen molar-refractivity contribution < 1.29 is 9.13 Å². The third-order valence-corrected chi connectivity index (χ3v) is 3.19. The van der Waals surface area contributed by atoms with Gasteiger partial charge in [-0.15, -0.1) is 0 Å². The number of nitrogens with zero attached hydrogens (tertiary/aromatic N) is 1. The Morgan fingerprint density at radius 2 is 2.39 bits per heavy atom. The van der Waals surface area contributed by atoms with Gasteiger partial charge in [0.15, 0.2) is 0 Å². The molecule has 1 fully saturated rings. The summed E-state index contributed by atoms with van der Waals surface area (Å²) in [5, 5.41) is 12.0. The molecule has 1 aromatic rings. The lowest BCUT2D eigenvalue weighted by Gasteiger charge is -2.10. The van der Waals surface area contributed by atoms with E-state index >= 15 is 0 Å². The highest BCUT2D eigenvalue weighted by Gasteiger charge is 2.13. The summed E-state index contributed by atoms with van der Waals surface area (Å²) in [5.41, 5.74) is 0.0532. The van der Waals surface area contributed by atoms with Crippen molar-refractivity contribution in [3.8, 4) is 11.8 Å². The van der Waals surface area contributed by atoms with E-state index in [0.717, 1.165) is 19.4 Å². The van der Waals surface area contributed by atoms with Gasteiger partial charge in [-0.3, -0.25) is 0 Å². The number of nitrogens with one attached hydrogen (secondary N) is 1. The van der Waals surface area contributed by atoms with Crippen molar-refractivity contribution in [2.75, 3.05) is 13.2 Å². The summed E-state index contributed by atoms with van der Waals surface area (Å²) in [6.45, 7) is 1.70. The molecule has 96 valence electrons. The van der Waals surface area contributed by atoms with Crippen LogP contribution in [-0.2, 0) is 0 Å². The van der Waals surface area contributed by atoms with Crippen LogP contribution in [0.1, 0.15) is 31.2 Å². The zero-order chi connectivity index (χ0) is 12.8. The molecule has 1 aliphatic heterocycles. The minimum Gasteiger partial charge on any atom is -0.493 e. The summed E-state index contributed by atoms with van der Waals surface area (Å²) in [5.74, 6) is -0.0293. The number of benzene rings is 1. The SMILES string of the molecule is N#Cc1ccc(OCCCC2CCCN2)cc1F. The molecular formula is C14H17FN2O. The fraction of sp³-hybridized carbons (Fsp3) is 0.500. The van der Waals surface area contributed by atoms with Crippen LogP contribution in [0.15, 0.2) is 18.2 Å². The van der Waals surface area contributed by atoms with E-state index in [4.69, 9.17) is 10.00 Å². The highest BCUT2D eigenvalue weighted by atomic mass is 19.1. The average Bonchev–Trinajstić information content (AvgIpc) is 2.88. The fourth-order valence-corrected chi connectivity index (χ4v) is 2.20. The van der Waals surface area contributed by atoms with Crippen molar-refractivity contribution in [3.63, 3.8) is 0 Å². The molecule has 1 aromatic carbocycles. The lowest BCUT2D eigenvalue weighted by Crippen LogP contribution is -2.21. The van der Waals surface area contributed by atoms with Crippen LogP contribution in [0.3, 0.4) is 0 Å². The lowest BCUT2D eigenvalue weighted by molar-refractivity contribution is 0.297. The van der Waals surface area contributed by atoms with E-state index < -0.39 is 5.82 Å². The maximum atomic E-state index is 13.3. The van der Waals surface area contributed by atoms with Gasteiger partial charge in [0.1, 0.15) is 17.6 Å². The predicted molar refractivity (Wildman–Crippen MR) is 66.9 cm³/mol. The number of rotatable bonds is 5. The van der Waals surface area contributed by atoms with E-state index in [1.54, 1.807) is 12.1 Å². The van der Waals surface area contributed by atoms with Crippen molar-refractivity contribution in [1.82, 2.24) is 5.32 Å². The highest BCUT2D eigenvalue weighted by Crippen LogP contribution is 2.17. The molecule has 1 saturated heterocycles. The molecule has 0 bridgehead atoms. The van der Waals surface area contributed by atoms with E-state index in [1.807, 2.05) is 0 Å². The van der Waals surface area contributed by atoms with Crippen molar-refractivity contribution in [3.05, 3.63) is 29.6 Å². The van der Waals surface area contributed by atoms with Crippen molar-refractivity contribution in [2.24, 2.45) is 0 Å². The maximum Gasteiger partial charge on any atom is 0.144 e. The van der Waals surface area contributed by atoms with Crippen LogP contribution in [0.5, 0.6) is 5.75 Å². The molecule has 0 aliphatic carbocycles. The minimum atomic E-state index is -0.521. The third kappa shape index (κ3) is 3.44. The molecule has 1 heterocycles. The molecule has 1 aliphatic rings. The molecule has 0 amide bonds. The number of nitriles is 1. The van der Waals surface area contributed by atoms with Gasteiger partial charge in [0.25, 0.3) is 0 Å². The highest BCUT2D eigenvalue weighted by molar-refractivity contribution is 5.36. The minimum absolute atomic E-state index is 0.0532. The van der Waals surface area contributed by atoms with Crippen molar-refractivity contribution in [2.45, 2.75) is 31.7 Å². The molecule has 0 spiro atoms. The monoisotopic (exact) mass is 248 g/mol. The zero-order valence-electron chi connectivity index (χ0n) is 10.3. The topological polar surface area (TPSA) is 45.0 Å². The first-order chi connectivity index (χ1) is 8.79. The second-order valence-corrected chi connectivity index (χ2v) is 4.54. The first-order valence-electron chi connectivity index (χ1n) is 6.35. The average molecular weight is 248 g/mol. The molecular weight excluding hydrogens is 231 g/mol. The van der Waals surface area contributed by atoms with E-state index in [9.17, 15) is 4.39 Å². The summed E-state index contributed by atoms with van der Waals surface area (Å²) in [6, 6.07) is 6.76. The number of ether oxygens (including phenoxy) is 1. The molecule has 4 heteroatoms. The van der Waals surface area contributed by atoms with Crippen LogP contribution in [0.2, 0.25) is 0 Å². The Morgan fingerprint density at radius 3 is 3.06 bits per heavy atom. The van der Waals surface area contributed by atoms with E-state index in [1.165, 1.54) is 25.0 Å². The van der Waals surface area contributed by atoms with E-state index in [0.29, 0.717) is 18.4 Å². The molecule has 0 aromatic heterocycles. The standard InChI is InChI=1S/C14H17FN2O/c15-14-9-13(6-5-11(14)10-16)18-8-2-4-12-3-1-7-17-12/h5-6,9,12,17H,1-4,7-8H2. The molecule has 3 nitrogen and oxygen atoms in total. The van der Waals surface area contributed by atoms with Crippen LogP contribution in [0, 0.1) is 17.1 Å². The van der Waals surface area contributed by atoms with Crippen LogP contribution in [-0.4, -0.2) is 19.2 Å². The fourth-order valence-electron chi connectivity index (χ4n) is 2.20. The van der Waals surface area contributed by atoms with Gasteiger partial charge >= 0.3 is 0 Å². The van der Waals surface area contributed by atoms with Gasteiger partial charge < -0.3 is 10.1 Å². The summed E-state index contributed by atoms with van der Waals surface area (Å²) >= 11 is 0. The molecule has 1 atom stereocenters. The van der Waals surface area contributed by atoms with Gasteiger partial charge in [-0.2, -0.15) is 5.26 Å². The second-order valence-electron chi connectivity index (χ2n) is 4.54. The summed E-state index contributed by atoms with van der Waals surface area (Å²) in [7, 11) is 0. The van der Waals surface area contributed by atoms with Crippen LogP contribution < -0.4 is 10.1 Å². The van der Waals surface area contributed by atoms with E-state index in [-0.39, 0.29) is 5.56 Å². The molecule has 18 heavy (non-hydrogen) atoms. The van der Waals surface area contributed by atoms with Crippen LogP contribution in [0.4, 0.5) is 4.39 Å². The van der Waals surface area contributed by atoms with Gasteiger partial charge in [0.05, 0.1) is 12.2 Å². The van der Waals surface area contributed by atoms with Gasteiger partial charge in [0, 0.05) is 12.1 Å². The third-order valence-electron chi connectivity index (χ3n) is 3.19. The molecule has 1 N–H and O–H groups in total. The van der Waals surface area contributed by atoms with E-state index in [2.05, 4.69) is 5.32 Å². The Bertz CT molecular complexity index is 436. The summed E-state index contributed by atoms with van der Waals surface area (Å²) in [4.78, 5) is 0. The molecule has 1 unspecified atom stereocenters. The number of halogens is 1. The zero-order valence-corrected chi connectivity index (χ0v) is 10.3. The van der Waals surface area contributed by atoms with Gasteiger partial charge in [-0.05, 0) is 44.4 Å². The summed E-state index contributed by atoms with van der Waals surface area (Å²) in [6.07, 6.45) is 4.55. The molecule has 2 rings (SSSR count). The largest absolute Gasteiger partial charge is 0.493 e. The van der Waals surface area contributed by atoms with Gasteiger partial charge in [-0.1, -0.05) is 0 Å².